The number of amides is 2. The minimum absolute atomic E-state index is 0.0623. The van der Waals surface area contributed by atoms with Gasteiger partial charge in [0.25, 0.3) is 0 Å². The zero-order valence-corrected chi connectivity index (χ0v) is 26.9. The van der Waals surface area contributed by atoms with Crippen LogP contribution in [-0.2, 0) is 24.4 Å². The molecule has 3 aromatic rings. The fourth-order valence-corrected chi connectivity index (χ4v) is 8.61. The van der Waals surface area contributed by atoms with E-state index in [1.165, 1.54) is 17.0 Å². The van der Waals surface area contributed by atoms with Gasteiger partial charge in [-0.3, -0.25) is 19.1 Å². The highest BCUT2D eigenvalue weighted by molar-refractivity contribution is 7.90. The predicted octanol–water partition coefficient (Wildman–Crippen LogP) is 4.30. The third kappa shape index (κ3) is 6.25. The number of nitrogens with two attached hydrogens (primary N) is 1. The summed E-state index contributed by atoms with van der Waals surface area (Å²) in [6.07, 6.45) is 8.29. The van der Waals surface area contributed by atoms with Crippen molar-refractivity contribution >= 4 is 49.3 Å². The molecule has 2 saturated carbocycles. The van der Waals surface area contributed by atoms with E-state index in [-0.39, 0.29) is 42.9 Å². The molecule has 12 heteroatoms. The van der Waals surface area contributed by atoms with Gasteiger partial charge in [0.2, 0.25) is 27.7 Å². The Morgan fingerprint density at radius 3 is 2.66 bits per heavy atom. The number of benzene rings is 2. The van der Waals surface area contributed by atoms with Crippen molar-refractivity contribution in [1.29, 1.82) is 0 Å². The Kier molecular flexibility index (Phi) is 8.28. The first-order chi connectivity index (χ1) is 22.6. The van der Waals surface area contributed by atoms with Crippen LogP contribution in [0.5, 0.6) is 5.88 Å². The van der Waals surface area contributed by atoms with E-state index in [9.17, 15) is 27.2 Å². The molecule has 248 valence electrons. The zero-order valence-electron chi connectivity index (χ0n) is 26.1. The van der Waals surface area contributed by atoms with E-state index >= 15 is 0 Å². The highest BCUT2D eigenvalue weighted by Crippen LogP contribution is 2.57. The number of pyridine rings is 1. The first-order valence-electron chi connectivity index (χ1n) is 16.5. The van der Waals surface area contributed by atoms with Gasteiger partial charge in [0.1, 0.15) is 11.9 Å². The number of aromatic nitrogens is 1. The van der Waals surface area contributed by atoms with Crippen LogP contribution in [0.1, 0.15) is 64.2 Å². The molecule has 3 N–H and O–H groups in total. The van der Waals surface area contributed by atoms with Crippen LogP contribution < -0.4 is 15.2 Å². The van der Waals surface area contributed by atoms with Gasteiger partial charge >= 0.3 is 0 Å². The molecule has 2 aromatic carbocycles. The number of allylic oxidation sites excluding steroid dienone is 2. The van der Waals surface area contributed by atoms with Crippen LogP contribution in [0.15, 0.2) is 54.6 Å². The predicted molar refractivity (Wildman–Crippen MR) is 174 cm³/mol. The van der Waals surface area contributed by atoms with Crippen molar-refractivity contribution in [2.45, 2.75) is 87.6 Å². The number of ether oxygens (including phenoxy) is 1. The molecule has 0 radical (unpaired) electrons. The van der Waals surface area contributed by atoms with E-state index in [0.29, 0.717) is 36.6 Å². The largest absolute Gasteiger partial charge is 0.472 e. The van der Waals surface area contributed by atoms with Crippen molar-refractivity contribution < 1.29 is 31.9 Å². The summed E-state index contributed by atoms with van der Waals surface area (Å²) < 4.78 is 48.6. The van der Waals surface area contributed by atoms with Gasteiger partial charge in [0.15, 0.2) is 5.78 Å². The normalized spacial score (nSPS) is 29.4. The summed E-state index contributed by atoms with van der Waals surface area (Å²) in [6, 6.07) is 10.2. The highest BCUT2D eigenvalue weighted by Gasteiger charge is 2.61. The molecule has 2 aliphatic carbocycles. The number of sulfonamides is 1. The molecule has 47 heavy (non-hydrogen) atoms. The molecule has 10 nitrogen and oxygen atoms in total. The second-order valence-electron chi connectivity index (χ2n) is 13.6. The summed E-state index contributed by atoms with van der Waals surface area (Å²) in [6.45, 7) is 0.0623. The average molecular weight is 663 g/mol. The standard InChI is InChI=1S/C35H39FN4O6S/c36-22-12-15-25-26-9-6-7-11-29(26)38-32(27(25)16-22)46-23-17-30-31(41)19-35(34(43)39-47(44,45)24-13-14-24)18-21(35)8-4-2-1-3-5-10-28(37)33(42)40(30)20-23/h4,6-9,11-12,15-16,21,23-24,28,30H,1-3,5,10,13-14,17-20,37H2,(H,39,43)/b8-4-/t21-,23-,28+,30+,35-/m1/s1. The monoisotopic (exact) mass is 662 g/mol. The SMILES string of the molecule is N[C@H]1CCCCC/C=C\[C@@H]2C[C@@]2(C(=O)NS(=O)(=O)C2CC2)CC(=O)[C@@H]2C[C@@H](Oc3nc4ccccc4c4ccc(F)cc34)CN2C1=O. The van der Waals surface area contributed by atoms with Gasteiger partial charge < -0.3 is 15.4 Å². The minimum atomic E-state index is -3.81. The number of carbonyl (C=O) groups excluding carboxylic acids is 3. The maximum Gasteiger partial charge on any atom is 0.240 e. The number of carbonyl (C=O) groups is 3. The summed E-state index contributed by atoms with van der Waals surface area (Å²) in [4.78, 5) is 47.7. The van der Waals surface area contributed by atoms with Crippen LogP contribution in [0.3, 0.4) is 0 Å². The molecule has 1 saturated heterocycles. The van der Waals surface area contributed by atoms with Crippen LogP contribution in [0, 0.1) is 17.2 Å². The van der Waals surface area contributed by atoms with Crippen LogP contribution in [0.25, 0.3) is 21.7 Å². The molecule has 5 atom stereocenters. The lowest BCUT2D eigenvalue weighted by molar-refractivity contribution is -0.140. The molecule has 3 fully saturated rings. The number of fused-ring (bicyclic) bond motifs is 5. The fourth-order valence-electron chi connectivity index (χ4n) is 7.23. The van der Waals surface area contributed by atoms with Crippen LogP contribution in [0.2, 0.25) is 0 Å². The Labute approximate surface area is 273 Å². The highest BCUT2D eigenvalue weighted by atomic mass is 32.2. The number of nitrogens with one attached hydrogen (secondary N) is 1. The zero-order chi connectivity index (χ0) is 32.9. The van der Waals surface area contributed by atoms with Crippen molar-refractivity contribution in [3.05, 3.63) is 60.4 Å². The molecule has 7 rings (SSSR count). The summed E-state index contributed by atoms with van der Waals surface area (Å²) in [5.41, 5.74) is 5.83. The summed E-state index contributed by atoms with van der Waals surface area (Å²) in [7, 11) is -3.81. The van der Waals surface area contributed by atoms with Crippen LogP contribution in [-0.4, -0.2) is 65.9 Å². The Hall–Kier alpha value is -3.90. The molecule has 0 unspecified atom stereocenters. The number of Topliss-reactive ketones (excluding diaryl/α,β-unsaturated/α-hetero) is 1. The summed E-state index contributed by atoms with van der Waals surface area (Å²) in [5, 5.41) is 1.49. The molecular weight excluding hydrogens is 623 g/mol. The molecular formula is C35H39FN4O6S. The second kappa shape index (κ2) is 12.3. The number of para-hydroxylation sites is 1. The van der Waals surface area contributed by atoms with E-state index in [2.05, 4.69) is 9.71 Å². The first kappa shape index (κ1) is 31.7. The fraction of sp³-hybridized carbons (Fsp3) is 0.486. The van der Waals surface area contributed by atoms with Gasteiger partial charge in [0, 0.05) is 23.6 Å². The third-order valence-electron chi connectivity index (χ3n) is 10.2. The first-order valence-corrected chi connectivity index (χ1v) is 18.1. The van der Waals surface area contributed by atoms with E-state index in [1.54, 1.807) is 6.07 Å². The van der Waals surface area contributed by atoms with E-state index in [1.807, 2.05) is 36.4 Å². The Morgan fingerprint density at radius 1 is 1.04 bits per heavy atom. The Bertz CT molecular complexity index is 1900. The van der Waals surface area contributed by atoms with Crippen molar-refractivity contribution in [3.63, 3.8) is 0 Å². The number of ketones is 1. The molecule has 0 spiro atoms. The second-order valence-corrected chi connectivity index (χ2v) is 15.5. The minimum Gasteiger partial charge on any atom is -0.472 e. The maximum absolute atomic E-state index is 14.5. The van der Waals surface area contributed by atoms with Crippen LogP contribution in [0.4, 0.5) is 4.39 Å². The van der Waals surface area contributed by atoms with Crippen molar-refractivity contribution in [2.75, 3.05) is 6.54 Å². The van der Waals surface area contributed by atoms with Gasteiger partial charge in [-0.15, -0.1) is 0 Å². The van der Waals surface area contributed by atoms with Gasteiger partial charge in [-0.05, 0) is 68.0 Å². The third-order valence-corrected chi connectivity index (χ3v) is 12.0. The molecule has 0 bridgehead atoms. The van der Waals surface area contributed by atoms with Gasteiger partial charge in [-0.25, -0.2) is 17.8 Å². The lowest BCUT2D eigenvalue weighted by Gasteiger charge is -2.27. The molecule has 2 aliphatic heterocycles. The number of hydrogen-bond donors (Lipinski definition) is 2. The van der Waals surface area contributed by atoms with E-state index in [0.717, 1.165) is 36.5 Å². The topological polar surface area (TPSA) is 149 Å². The maximum atomic E-state index is 14.5. The molecule has 1 aromatic heterocycles. The van der Waals surface area contributed by atoms with Crippen molar-refractivity contribution in [1.82, 2.24) is 14.6 Å². The number of rotatable bonds is 5. The lowest BCUT2D eigenvalue weighted by Crippen LogP contribution is -2.49. The molecule has 3 heterocycles. The van der Waals surface area contributed by atoms with Gasteiger partial charge in [-0.1, -0.05) is 49.3 Å². The van der Waals surface area contributed by atoms with Gasteiger partial charge in [-0.2, -0.15) is 0 Å². The number of hydrogen-bond acceptors (Lipinski definition) is 8. The molecule has 2 amide bonds. The Morgan fingerprint density at radius 2 is 1.85 bits per heavy atom. The quantitative estimate of drug-likeness (QED) is 0.304. The number of halogens is 1. The summed E-state index contributed by atoms with van der Waals surface area (Å²) in [5.74, 6) is -1.91. The molecule has 4 aliphatic rings. The van der Waals surface area contributed by atoms with Crippen LogP contribution >= 0.6 is 0 Å². The number of nitrogens with zero attached hydrogens (tertiary/aromatic N) is 2. The average Bonchev–Trinajstić information content (AvgIpc) is 3.97. The lowest BCUT2D eigenvalue weighted by atomic mass is 9.91. The smallest absolute Gasteiger partial charge is 0.240 e. The van der Waals surface area contributed by atoms with Gasteiger partial charge in [0.05, 0.1) is 34.8 Å². The van der Waals surface area contributed by atoms with Crippen molar-refractivity contribution in [3.8, 4) is 5.88 Å². The van der Waals surface area contributed by atoms with Crippen molar-refractivity contribution in [2.24, 2.45) is 17.1 Å². The van der Waals surface area contributed by atoms with E-state index < -0.39 is 50.6 Å². The van der Waals surface area contributed by atoms with E-state index in [4.69, 9.17) is 10.5 Å². The Balaban J connectivity index is 1.19. The summed E-state index contributed by atoms with van der Waals surface area (Å²) >= 11 is 0.